The van der Waals surface area contributed by atoms with E-state index in [1.807, 2.05) is 4.90 Å². The van der Waals surface area contributed by atoms with Gasteiger partial charge in [0.15, 0.2) is 0 Å². The van der Waals surface area contributed by atoms with Crippen molar-refractivity contribution in [2.45, 2.75) is 63.8 Å². The van der Waals surface area contributed by atoms with E-state index >= 15 is 0 Å². The van der Waals surface area contributed by atoms with Gasteiger partial charge in [0.2, 0.25) is 5.91 Å². The maximum Gasteiger partial charge on any atom is 0.222 e. The summed E-state index contributed by atoms with van der Waals surface area (Å²) in [7, 11) is 0. The van der Waals surface area contributed by atoms with E-state index in [2.05, 4.69) is 0 Å². The van der Waals surface area contributed by atoms with Gasteiger partial charge in [-0.25, -0.2) is 0 Å². The van der Waals surface area contributed by atoms with Gasteiger partial charge in [-0.05, 0) is 25.2 Å². The molecule has 1 aliphatic heterocycles. The maximum atomic E-state index is 12.1. The molecule has 1 unspecified atom stereocenters. The zero-order valence-electron chi connectivity index (χ0n) is 11.3. The Morgan fingerprint density at radius 2 is 1.83 bits per heavy atom. The maximum absolute atomic E-state index is 12.1. The third-order valence-corrected chi connectivity index (χ3v) is 4.46. The van der Waals surface area contributed by atoms with Crippen LogP contribution in [0.15, 0.2) is 0 Å². The molecule has 1 saturated carbocycles. The number of carbonyl (C=O) groups excluding carboxylic acids is 1. The van der Waals surface area contributed by atoms with E-state index in [9.17, 15) is 4.79 Å². The second kappa shape index (κ2) is 8.00. The van der Waals surface area contributed by atoms with Gasteiger partial charge in [-0.15, -0.1) is 12.4 Å². The van der Waals surface area contributed by atoms with E-state index < -0.39 is 0 Å². The molecule has 2 aliphatic rings. The van der Waals surface area contributed by atoms with E-state index in [0.29, 0.717) is 18.5 Å². The molecule has 2 rings (SSSR count). The van der Waals surface area contributed by atoms with Crippen molar-refractivity contribution in [1.29, 1.82) is 0 Å². The molecule has 2 N–H and O–H groups in total. The SMILES string of the molecule is Cl.NCC1CCCN1C(=O)CCC1CCCCC1. The number of hydrogen-bond acceptors (Lipinski definition) is 2. The van der Waals surface area contributed by atoms with Gasteiger partial charge < -0.3 is 10.6 Å². The van der Waals surface area contributed by atoms with Crippen molar-refractivity contribution >= 4 is 18.3 Å². The molecule has 18 heavy (non-hydrogen) atoms. The molecule has 1 heterocycles. The molecule has 1 atom stereocenters. The molecule has 0 bridgehead atoms. The molecule has 3 nitrogen and oxygen atoms in total. The van der Waals surface area contributed by atoms with Gasteiger partial charge in [0.05, 0.1) is 0 Å². The van der Waals surface area contributed by atoms with Crippen LogP contribution in [0, 0.1) is 5.92 Å². The normalized spacial score (nSPS) is 24.9. The van der Waals surface area contributed by atoms with Crippen molar-refractivity contribution in [3.63, 3.8) is 0 Å². The first-order valence-electron chi connectivity index (χ1n) is 7.31. The minimum Gasteiger partial charge on any atom is -0.338 e. The standard InChI is InChI=1S/C14H26N2O.ClH/c15-11-13-7-4-10-16(13)14(17)9-8-12-5-2-1-3-6-12;/h12-13H,1-11,15H2;1H. The highest BCUT2D eigenvalue weighted by Gasteiger charge is 2.27. The monoisotopic (exact) mass is 274 g/mol. The van der Waals surface area contributed by atoms with Crippen molar-refractivity contribution in [2.24, 2.45) is 11.7 Å². The summed E-state index contributed by atoms with van der Waals surface area (Å²) in [5.41, 5.74) is 5.71. The molecule has 1 amide bonds. The van der Waals surface area contributed by atoms with Gasteiger partial charge in [0, 0.05) is 25.6 Å². The molecule has 0 aromatic carbocycles. The Balaban J connectivity index is 0.00000162. The minimum atomic E-state index is 0. The van der Waals surface area contributed by atoms with E-state index in [0.717, 1.165) is 38.1 Å². The summed E-state index contributed by atoms with van der Waals surface area (Å²) in [6.07, 6.45) is 10.9. The second-order valence-corrected chi connectivity index (χ2v) is 5.66. The molecule has 4 heteroatoms. The quantitative estimate of drug-likeness (QED) is 0.857. The molecular formula is C14H27ClN2O. The predicted octanol–water partition coefficient (Wildman–Crippen LogP) is 2.72. The molecule has 0 aromatic rings. The van der Waals surface area contributed by atoms with Gasteiger partial charge in [-0.1, -0.05) is 32.1 Å². The fraction of sp³-hybridized carbons (Fsp3) is 0.929. The summed E-state index contributed by atoms with van der Waals surface area (Å²) in [6, 6.07) is 0.328. The highest BCUT2D eigenvalue weighted by atomic mass is 35.5. The Labute approximate surface area is 117 Å². The average molecular weight is 275 g/mol. The van der Waals surface area contributed by atoms with Crippen molar-refractivity contribution in [3.8, 4) is 0 Å². The second-order valence-electron chi connectivity index (χ2n) is 5.66. The van der Waals surface area contributed by atoms with Crippen molar-refractivity contribution in [2.75, 3.05) is 13.1 Å². The number of nitrogens with two attached hydrogens (primary N) is 1. The molecular weight excluding hydrogens is 248 g/mol. The Hall–Kier alpha value is -0.280. The van der Waals surface area contributed by atoms with Crippen LogP contribution in [0.1, 0.15) is 57.8 Å². The molecule has 1 aliphatic carbocycles. The van der Waals surface area contributed by atoms with Gasteiger partial charge in [-0.2, -0.15) is 0 Å². The molecule has 0 aromatic heterocycles. The van der Waals surface area contributed by atoms with Crippen LogP contribution in [0.5, 0.6) is 0 Å². The Kier molecular flexibility index (Phi) is 7.02. The van der Waals surface area contributed by atoms with Gasteiger partial charge in [0.1, 0.15) is 0 Å². The highest BCUT2D eigenvalue weighted by molar-refractivity contribution is 5.85. The van der Waals surface area contributed by atoms with Gasteiger partial charge in [-0.3, -0.25) is 4.79 Å². The number of rotatable bonds is 4. The van der Waals surface area contributed by atoms with Gasteiger partial charge in [0.25, 0.3) is 0 Å². The number of halogens is 1. The molecule has 2 fully saturated rings. The van der Waals surface area contributed by atoms with Crippen molar-refractivity contribution in [3.05, 3.63) is 0 Å². The summed E-state index contributed by atoms with van der Waals surface area (Å²) in [4.78, 5) is 14.2. The van der Waals surface area contributed by atoms with Crippen LogP contribution < -0.4 is 5.73 Å². The fourth-order valence-electron chi connectivity index (χ4n) is 3.36. The van der Waals surface area contributed by atoms with E-state index in [1.54, 1.807) is 0 Å². The summed E-state index contributed by atoms with van der Waals surface area (Å²) >= 11 is 0. The summed E-state index contributed by atoms with van der Waals surface area (Å²) in [6.45, 7) is 1.57. The third kappa shape index (κ3) is 4.13. The third-order valence-electron chi connectivity index (χ3n) is 4.46. The topological polar surface area (TPSA) is 46.3 Å². The van der Waals surface area contributed by atoms with E-state index in [1.165, 1.54) is 32.1 Å². The zero-order chi connectivity index (χ0) is 12.1. The van der Waals surface area contributed by atoms with Crippen LogP contribution in [-0.2, 0) is 4.79 Å². The van der Waals surface area contributed by atoms with Crippen LogP contribution in [0.2, 0.25) is 0 Å². The lowest BCUT2D eigenvalue weighted by Crippen LogP contribution is -2.40. The first-order valence-corrected chi connectivity index (χ1v) is 7.31. The summed E-state index contributed by atoms with van der Waals surface area (Å²) < 4.78 is 0. The Morgan fingerprint density at radius 3 is 2.50 bits per heavy atom. The lowest BCUT2D eigenvalue weighted by atomic mass is 9.86. The number of amides is 1. The fourth-order valence-corrected chi connectivity index (χ4v) is 3.36. The van der Waals surface area contributed by atoms with Crippen LogP contribution in [0.4, 0.5) is 0 Å². The largest absolute Gasteiger partial charge is 0.338 e. The van der Waals surface area contributed by atoms with Crippen molar-refractivity contribution in [1.82, 2.24) is 4.90 Å². The first-order chi connectivity index (χ1) is 8.31. The molecule has 1 saturated heterocycles. The number of carbonyl (C=O) groups is 1. The summed E-state index contributed by atoms with van der Waals surface area (Å²) in [5, 5.41) is 0. The van der Waals surface area contributed by atoms with Crippen LogP contribution in [0.3, 0.4) is 0 Å². The number of nitrogens with zero attached hydrogens (tertiary/aromatic N) is 1. The first kappa shape index (κ1) is 15.8. The smallest absolute Gasteiger partial charge is 0.222 e. The summed E-state index contributed by atoms with van der Waals surface area (Å²) in [5.74, 6) is 1.16. The Bertz CT molecular complexity index is 254. The molecule has 0 radical (unpaired) electrons. The van der Waals surface area contributed by atoms with E-state index in [4.69, 9.17) is 5.73 Å². The van der Waals surface area contributed by atoms with Crippen LogP contribution >= 0.6 is 12.4 Å². The number of likely N-dealkylation sites (tertiary alicyclic amines) is 1. The average Bonchev–Trinajstić information content (AvgIpc) is 2.85. The highest BCUT2D eigenvalue weighted by Crippen LogP contribution is 2.28. The lowest BCUT2D eigenvalue weighted by molar-refractivity contribution is -0.132. The minimum absolute atomic E-state index is 0. The molecule has 0 spiro atoms. The number of hydrogen-bond donors (Lipinski definition) is 1. The van der Waals surface area contributed by atoms with Crippen LogP contribution in [-0.4, -0.2) is 29.9 Å². The lowest BCUT2D eigenvalue weighted by Gasteiger charge is -2.26. The van der Waals surface area contributed by atoms with Crippen LogP contribution in [0.25, 0.3) is 0 Å². The van der Waals surface area contributed by atoms with E-state index in [-0.39, 0.29) is 12.4 Å². The zero-order valence-corrected chi connectivity index (χ0v) is 12.1. The Morgan fingerprint density at radius 1 is 1.11 bits per heavy atom. The predicted molar refractivity (Wildman–Crippen MR) is 76.8 cm³/mol. The molecule has 106 valence electrons. The van der Waals surface area contributed by atoms with Crippen molar-refractivity contribution < 1.29 is 4.79 Å². The van der Waals surface area contributed by atoms with Gasteiger partial charge >= 0.3 is 0 Å².